The number of allylic oxidation sites excluding steroid dienone is 1. The van der Waals surface area contributed by atoms with Gasteiger partial charge in [-0.05, 0) is 25.5 Å². The van der Waals surface area contributed by atoms with E-state index < -0.39 is 0 Å². The maximum atomic E-state index is 5.77. The lowest BCUT2D eigenvalue weighted by molar-refractivity contribution is 0.346. The first kappa shape index (κ1) is 15.6. The molecule has 4 N–H and O–H groups in total. The minimum Gasteiger partial charge on any atom is -0.488 e. The minimum absolute atomic E-state index is 0.0547. The highest BCUT2D eigenvalue weighted by atomic mass is 16.5. The summed E-state index contributed by atoms with van der Waals surface area (Å²) in [5.74, 6) is 0.987. The van der Waals surface area contributed by atoms with Crippen LogP contribution in [0.1, 0.15) is 18.1 Å². The molecule has 1 aliphatic heterocycles. The van der Waals surface area contributed by atoms with Crippen molar-refractivity contribution in [3.63, 3.8) is 0 Å². The Bertz CT molecular complexity index is 567. The molecule has 0 aromatic heterocycles. The largest absolute Gasteiger partial charge is 0.488 e. The Kier molecular flexibility index (Phi) is 5.59. The molecule has 0 aliphatic carbocycles. The predicted octanol–water partition coefficient (Wildman–Crippen LogP) is 2.75. The van der Waals surface area contributed by atoms with Crippen LogP contribution in [0, 0.1) is 6.92 Å². The number of nitrogens with two attached hydrogens (primary N) is 2. The number of ether oxygens (including phenoxy) is 1. The molecule has 1 aliphatic rings. The Labute approximate surface area is 120 Å². The van der Waals surface area contributed by atoms with E-state index in [1.807, 2.05) is 38.1 Å². The van der Waals surface area contributed by atoms with E-state index in [0.29, 0.717) is 6.61 Å². The summed E-state index contributed by atoms with van der Waals surface area (Å²) in [6, 6.07) is 6.06. The number of guanidine groups is 1. The van der Waals surface area contributed by atoms with E-state index in [2.05, 4.69) is 24.2 Å². The zero-order valence-electron chi connectivity index (χ0n) is 12.0. The molecule has 0 saturated heterocycles. The third kappa shape index (κ3) is 3.51. The van der Waals surface area contributed by atoms with Gasteiger partial charge in [0.15, 0.2) is 5.96 Å². The zero-order chi connectivity index (χ0) is 15.1. The first-order chi connectivity index (χ1) is 9.61. The third-order valence-electron chi connectivity index (χ3n) is 2.80. The Morgan fingerprint density at radius 1 is 1.35 bits per heavy atom. The first-order valence-corrected chi connectivity index (χ1v) is 6.31. The molecule has 1 aromatic rings. The Morgan fingerprint density at radius 3 is 2.65 bits per heavy atom. The molecule has 0 atom stereocenters. The van der Waals surface area contributed by atoms with Gasteiger partial charge >= 0.3 is 0 Å². The van der Waals surface area contributed by atoms with Crippen LogP contribution in [0.4, 0.5) is 0 Å². The molecule has 20 heavy (non-hydrogen) atoms. The average Bonchev–Trinajstić information content (AvgIpc) is 2.46. The molecular formula is C16H21N3O. The molecule has 0 saturated carbocycles. The van der Waals surface area contributed by atoms with E-state index in [0.717, 1.165) is 28.1 Å². The fourth-order valence-electron chi connectivity index (χ4n) is 1.97. The summed E-state index contributed by atoms with van der Waals surface area (Å²) in [4.78, 5) is 4.10. The second-order valence-electron chi connectivity index (χ2n) is 4.16. The van der Waals surface area contributed by atoms with Gasteiger partial charge in [-0.2, -0.15) is 0 Å². The van der Waals surface area contributed by atoms with Gasteiger partial charge in [-0.25, -0.2) is 4.99 Å². The van der Waals surface area contributed by atoms with Gasteiger partial charge < -0.3 is 16.2 Å². The number of aryl methyl sites for hydroxylation is 1. The van der Waals surface area contributed by atoms with Crippen LogP contribution in [-0.2, 0) is 0 Å². The fourth-order valence-corrected chi connectivity index (χ4v) is 1.97. The summed E-state index contributed by atoms with van der Waals surface area (Å²) in [7, 11) is 0. The fraction of sp³-hybridized carbons (Fsp3) is 0.188. The van der Waals surface area contributed by atoms with Crippen molar-refractivity contribution in [1.82, 2.24) is 0 Å². The smallest absolute Gasteiger partial charge is 0.191 e. The molecule has 0 radical (unpaired) electrons. The van der Waals surface area contributed by atoms with E-state index in [1.165, 1.54) is 0 Å². The number of hydrogen-bond acceptors (Lipinski definition) is 2. The van der Waals surface area contributed by atoms with E-state index in [9.17, 15) is 0 Å². The van der Waals surface area contributed by atoms with Crippen LogP contribution in [0.2, 0.25) is 0 Å². The molecule has 0 bridgehead atoms. The van der Waals surface area contributed by atoms with Crippen LogP contribution in [0.15, 0.2) is 53.7 Å². The van der Waals surface area contributed by atoms with Crippen LogP contribution in [-0.4, -0.2) is 12.6 Å². The number of fused-ring (bicyclic) bond motifs is 1. The maximum absolute atomic E-state index is 5.77. The lowest BCUT2D eigenvalue weighted by Crippen LogP contribution is -2.23. The van der Waals surface area contributed by atoms with E-state index in [-0.39, 0.29) is 5.96 Å². The Hall–Kier alpha value is -2.49. The van der Waals surface area contributed by atoms with Crippen molar-refractivity contribution in [3.05, 3.63) is 59.8 Å². The van der Waals surface area contributed by atoms with Gasteiger partial charge in [0, 0.05) is 11.1 Å². The minimum atomic E-state index is 0.0547. The number of para-hydroxylation sites is 1. The lowest BCUT2D eigenvalue weighted by Gasteiger charge is -2.19. The van der Waals surface area contributed by atoms with Gasteiger partial charge in [0.1, 0.15) is 12.4 Å². The molecule has 2 rings (SSSR count). The third-order valence-corrected chi connectivity index (χ3v) is 2.80. The standard InChI is InChI=1S/C14H17N3O.C2H4/c1-3-12(17-14(15)16)11-7-10-6-4-5-9(2)13(10)18-8-11;1-2/h3-7H,8H2,1-2H3,(H4,15,16,17);1-2H2/b12-3-;. The second kappa shape index (κ2) is 7.19. The molecule has 4 nitrogen and oxygen atoms in total. The highest BCUT2D eigenvalue weighted by Crippen LogP contribution is 2.31. The van der Waals surface area contributed by atoms with Crippen molar-refractivity contribution < 1.29 is 4.74 Å². The summed E-state index contributed by atoms with van der Waals surface area (Å²) >= 11 is 0. The number of rotatable bonds is 2. The molecule has 1 heterocycles. The predicted molar refractivity (Wildman–Crippen MR) is 85.5 cm³/mol. The van der Waals surface area contributed by atoms with E-state index in [4.69, 9.17) is 16.2 Å². The molecular weight excluding hydrogens is 250 g/mol. The van der Waals surface area contributed by atoms with Crippen molar-refractivity contribution in [3.8, 4) is 5.75 Å². The molecule has 0 spiro atoms. The van der Waals surface area contributed by atoms with Crippen LogP contribution in [0.25, 0.3) is 6.08 Å². The average molecular weight is 271 g/mol. The SMILES string of the molecule is C/C=C(\N=C(N)N)C1=Cc2cccc(C)c2OC1.C=C. The molecule has 106 valence electrons. The van der Waals surface area contributed by atoms with Crippen molar-refractivity contribution in [2.75, 3.05) is 6.61 Å². The highest BCUT2D eigenvalue weighted by Gasteiger charge is 2.15. The molecule has 0 amide bonds. The quantitative estimate of drug-likeness (QED) is 0.493. The van der Waals surface area contributed by atoms with Gasteiger partial charge in [-0.15, -0.1) is 13.2 Å². The van der Waals surface area contributed by atoms with Gasteiger partial charge in [-0.1, -0.05) is 24.3 Å². The van der Waals surface area contributed by atoms with Gasteiger partial charge in [-0.3, -0.25) is 0 Å². The Morgan fingerprint density at radius 2 is 2.05 bits per heavy atom. The number of aliphatic imine (C=N–C) groups is 1. The number of benzene rings is 1. The van der Waals surface area contributed by atoms with Crippen molar-refractivity contribution in [2.45, 2.75) is 13.8 Å². The van der Waals surface area contributed by atoms with Crippen LogP contribution in [0.3, 0.4) is 0 Å². The number of hydrogen-bond donors (Lipinski definition) is 2. The number of nitrogens with zero attached hydrogens (tertiary/aromatic N) is 1. The van der Waals surface area contributed by atoms with E-state index >= 15 is 0 Å². The summed E-state index contributed by atoms with van der Waals surface area (Å²) in [6.07, 6.45) is 3.93. The zero-order valence-corrected chi connectivity index (χ0v) is 12.0. The van der Waals surface area contributed by atoms with Crippen molar-refractivity contribution >= 4 is 12.0 Å². The molecule has 0 unspecified atom stereocenters. The van der Waals surface area contributed by atoms with Crippen LogP contribution < -0.4 is 16.2 Å². The van der Waals surface area contributed by atoms with E-state index in [1.54, 1.807) is 0 Å². The first-order valence-electron chi connectivity index (χ1n) is 6.31. The summed E-state index contributed by atoms with van der Waals surface area (Å²) in [6.45, 7) is 10.4. The maximum Gasteiger partial charge on any atom is 0.191 e. The topological polar surface area (TPSA) is 73.6 Å². The summed E-state index contributed by atoms with van der Waals surface area (Å²) < 4.78 is 5.77. The van der Waals surface area contributed by atoms with Gasteiger partial charge in [0.05, 0.1) is 5.70 Å². The Balaban J connectivity index is 0.000000956. The second-order valence-corrected chi connectivity index (χ2v) is 4.16. The van der Waals surface area contributed by atoms with Crippen LogP contribution >= 0.6 is 0 Å². The highest BCUT2D eigenvalue weighted by molar-refractivity contribution is 5.78. The summed E-state index contributed by atoms with van der Waals surface area (Å²) in [5.41, 5.74) is 14.7. The van der Waals surface area contributed by atoms with Gasteiger partial charge in [0.25, 0.3) is 0 Å². The van der Waals surface area contributed by atoms with Crippen LogP contribution in [0.5, 0.6) is 5.75 Å². The lowest BCUT2D eigenvalue weighted by atomic mass is 10.0. The molecule has 4 heteroatoms. The normalized spacial score (nSPS) is 13.1. The summed E-state index contributed by atoms with van der Waals surface area (Å²) in [5, 5.41) is 0. The molecule has 0 fully saturated rings. The molecule has 1 aromatic carbocycles. The van der Waals surface area contributed by atoms with Gasteiger partial charge in [0.2, 0.25) is 0 Å². The van der Waals surface area contributed by atoms with Crippen molar-refractivity contribution in [1.29, 1.82) is 0 Å². The monoisotopic (exact) mass is 271 g/mol. The van der Waals surface area contributed by atoms with Crippen molar-refractivity contribution in [2.24, 2.45) is 16.5 Å².